The average Bonchev–Trinajstić information content (AvgIpc) is 2.78. The number of carbonyl (C=O) groups excluding carboxylic acids is 2. The van der Waals surface area contributed by atoms with E-state index in [9.17, 15) is 18.0 Å². The van der Waals surface area contributed by atoms with Crippen molar-refractivity contribution in [2.75, 3.05) is 10.6 Å². The molecule has 3 aromatic rings. The topological polar surface area (TPSA) is 105 Å². The minimum absolute atomic E-state index is 0.192. The van der Waals surface area contributed by atoms with Gasteiger partial charge in [0.15, 0.2) is 0 Å². The van der Waals surface area contributed by atoms with Crippen LogP contribution in [0, 0.1) is 6.92 Å². The van der Waals surface area contributed by atoms with E-state index in [1.165, 1.54) is 17.4 Å². The molecular weight excluding hydrogens is 454 g/mol. The van der Waals surface area contributed by atoms with Crippen molar-refractivity contribution in [2.45, 2.75) is 20.4 Å². The Bertz CT molecular complexity index is 1300. The molecule has 0 atom stereocenters. The largest absolute Gasteiger partial charge is 0.427 e. The van der Waals surface area contributed by atoms with Crippen LogP contribution in [0.15, 0.2) is 77.9 Å². The summed E-state index contributed by atoms with van der Waals surface area (Å²) in [6.07, 6.45) is 2.61. The van der Waals surface area contributed by atoms with Gasteiger partial charge in [-0.2, -0.15) is 5.10 Å². The lowest BCUT2D eigenvalue weighted by Crippen LogP contribution is -2.29. The number of ether oxygens (including phenoxy) is 1. The van der Waals surface area contributed by atoms with E-state index in [-0.39, 0.29) is 6.54 Å². The van der Waals surface area contributed by atoms with E-state index in [0.717, 1.165) is 17.4 Å². The summed E-state index contributed by atoms with van der Waals surface area (Å²) in [6, 6.07) is 20.5. The summed E-state index contributed by atoms with van der Waals surface area (Å²) < 4.78 is 31.1. The molecule has 0 saturated carbocycles. The molecule has 0 fully saturated rings. The molecule has 0 aliphatic heterocycles. The molecule has 0 bridgehead atoms. The van der Waals surface area contributed by atoms with Gasteiger partial charge in [0.1, 0.15) is 5.75 Å². The summed E-state index contributed by atoms with van der Waals surface area (Å²) in [6.45, 7) is 3.44. The van der Waals surface area contributed by atoms with Crippen molar-refractivity contribution < 1.29 is 22.7 Å². The number of nitrogens with zero attached hydrogens (tertiary/aromatic N) is 2. The number of amides is 1. The van der Waals surface area contributed by atoms with Gasteiger partial charge in [-0.1, -0.05) is 24.3 Å². The van der Waals surface area contributed by atoms with Gasteiger partial charge in [0.25, 0.3) is 5.91 Å². The summed E-state index contributed by atoms with van der Waals surface area (Å²) in [5.41, 5.74) is 5.81. The van der Waals surface area contributed by atoms with Crippen LogP contribution in [0.3, 0.4) is 0 Å². The fourth-order valence-corrected chi connectivity index (χ4v) is 4.02. The number of hydrogen-bond donors (Lipinski definition) is 1. The molecule has 9 heteroatoms. The normalized spacial score (nSPS) is 11.3. The fraction of sp³-hybridized carbons (Fsp3) is 0.160. The lowest BCUT2D eigenvalue weighted by molar-refractivity contribution is -0.131. The highest BCUT2D eigenvalue weighted by Crippen LogP contribution is 2.22. The Morgan fingerprint density at radius 1 is 1.00 bits per heavy atom. The van der Waals surface area contributed by atoms with Crippen molar-refractivity contribution in [3.05, 3.63) is 95.1 Å². The van der Waals surface area contributed by atoms with Crippen LogP contribution in [0.2, 0.25) is 0 Å². The van der Waals surface area contributed by atoms with Gasteiger partial charge in [-0.3, -0.25) is 13.9 Å². The minimum atomic E-state index is -3.54. The number of sulfonamides is 1. The molecule has 0 radical (unpaired) electrons. The molecule has 3 rings (SSSR count). The Morgan fingerprint density at radius 2 is 1.65 bits per heavy atom. The highest BCUT2D eigenvalue weighted by Gasteiger charge is 2.19. The lowest BCUT2D eigenvalue weighted by atomic mass is 10.1. The smallest absolute Gasteiger partial charge is 0.308 e. The number of hydrogen-bond acceptors (Lipinski definition) is 6. The summed E-state index contributed by atoms with van der Waals surface area (Å²) in [7, 11) is -3.54. The second-order valence-corrected chi connectivity index (χ2v) is 9.51. The first-order chi connectivity index (χ1) is 16.1. The predicted octanol–water partition coefficient (Wildman–Crippen LogP) is 3.65. The molecule has 34 heavy (non-hydrogen) atoms. The first-order valence-electron chi connectivity index (χ1n) is 10.4. The number of benzene rings is 3. The van der Waals surface area contributed by atoms with Gasteiger partial charge in [0.2, 0.25) is 10.0 Å². The Balaban J connectivity index is 1.67. The van der Waals surface area contributed by atoms with E-state index in [2.05, 4.69) is 10.5 Å². The molecular formula is C25H25N3O5S. The summed E-state index contributed by atoms with van der Waals surface area (Å²) in [5, 5.41) is 3.93. The summed E-state index contributed by atoms with van der Waals surface area (Å²) in [4.78, 5) is 23.4. The molecule has 176 valence electrons. The SMILES string of the molecule is CC(=O)Oc1ccc(/C=N\NC(=O)c2ccc(N(Cc3ccccc3C)S(C)(=O)=O)cc2)cc1. The molecule has 3 aromatic carbocycles. The van der Waals surface area contributed by atoms with Crippen molar-refractivity contribution in [2.24, 2.45) is 5.10 Å². The Kier molecular flexibility index (Phi) is 7.80. The maximum atomic E-state index is 12.4. The minimum Gasteiger partial charge on any atom is -0.427 e. The van der Waals surface area contributed by atoms with Gasteiger partial charge in [0, 0.05) is 12.5 Å². The van der Waals surface area contributed by atoms with E-state index in [4.69, 9.17) is 4.74 Å². The van der Waals surface area contributed by atoms with Crippen molar-refractivity contribution >= 4 is 33.8 Å². The molecule has 0 aliphatic rings. The quantitative estimate of drug-likeness (QED) is 0.230. The zero-order valence-electron chi connectivity index (χ0n) is 19.1. The molecule has 0 aromatic heterocycles. The first kappa shape index (κ1) is 24.7. The molecule has 1 amide bonds. The van der Waals surface area contributed by atoms with Crippen LogP contribution < -0.4 is 14.5 Å². The third-order valence-corrected chi connectivity index (χ3v) is 6.05. The Labute approximate surface area is 198 Å². The standard InChI is InChI=1S/C25H25N3O5S/c1-18-6-4-5-7-22(18)17-28(34(3,31)32)23-12-10-21(11-13-23)25(30)27-26-16-20-8-14-24(15-9-20)33-19(2)29/h4-16H,17H2,1-3H3,(H,27,30)/b26-16-. The number of carbonyl (C=O) groups is 2. The maximum absolute atomic E-state index is 12.4. The van der Waals surface area contributed by atoms with Gasteiger partial charge in [-0.05, 0) is 72.1 Å². The summed E-state index contributed by atoms with van der Waals surface area (Å²) >= 11 is 0. The molecule has 8 nitrogen and oxygen atoms in total. The van der Waals surface area contributed by atoms with Gasteiger partial charge < -0.3 is 4.74 Å². The van der Waals surface area contributed by atoms with Crippen molar-refractivity contribution in [3.63, 3.8) is 0 Å². The second-order valence-electron chi connectivity index (χ2n) is 7.60. The molecule has 0 unspecified atom stereocenters. The van der Waals surface area contributed by atoms with Crippen LogP contribution in [0.25, 0.3) is 0 Å². The van der Waals surface area contributed by atoms with Crippen LogP contribution in [-0.4, -0.2) is 32.8 Å². The number of nitrogens with one attached hydrogen (secondary N) is 1. The first-order valence-corrected chi connectivity index (χ1v) is 12.2. The van der Waals surface area contributed by atoms with Crippen LogP contribution in [0.4, 0.5) is 5.69 Å². The lowest BCUT2D eigenvalue weighted by Gasteiger charge is -2.23. The third-order valence-electron chi connectivity index (χ3n) is 4.91. The van der Waals surface area contributed by atoms with E-state index < -0.39 is 21.9 Å². The van der Waals surface area contributed by atoms with Crippen LogP contribution >= 0.6 is 0 Å². The highest BCUT2D eigenvalue weighted by molar-refractivity contribution is 7.92. The Morgan fingerprint density at radius 3 is 2.24 bits per heavy atom. The summed E-state index contributed by atoms with van der Waals surface area (Å²) in [5.74, 6) is -0.432. The fourth-order valence-electron chi connectivity index (χ4n) is 3.14. The molecule has 0 spiro atoms. The van der Waals surface area contributed by atoms with Crippen LogP contribution in [-0.2, 0) is 21.4 Å². The van der Waals surface area contributed by atoms with Gasteiger partial charge >= 0.3 is 5.97 Å². The van der Waals surface area contributed by atoms with Crippen molar-refractivity contribution in [3.8, 4) is 5.75 Å². The van der Waals surface area contributed by atoms with Crippen LogP contribution in [0.1, 0.15) is 34.0 Å². The highest BCUT2D eigenvalue weighted by atomic mass is 32.2. The van der Waals surface area contributed by atoms with E-state index in [1.54, 1.807) is 48.5 Å². The van der Waals surface area contributed by atoms with E-state index in [1.807, 2.05) is 31.2 Å². The van der Waals surface area contributed by atoms with E-state index in [0.29, 0.717) is 22.6 Å². The van der Waals surface area contributed by atoms with Gasteiger partial charge in [-0.25, -0.2) is 13.8 Å². The number of rotatable bonds is 8. The average molecular weight is 480 g/mol. The van der Waals surface area contributed by atoms with Crippen molar-refractivity contribution in [1.29, 1.82) is 0 Å². The van der Waals surface area contributed by atoms with Crippen LogP contribution in [0.5, 0.6) is 5.75 Å². The molecule has 0 heterocycles. The molecule has 0 saturated heterocycles. The Hall–Kier alpha value is -3.98. The van der Waals surface area contributed by atoms with E-state index >= 15 is 0 Å². The molecule has 1 N–H and O–H groups in total. The number of hydrazone groups is 1. The number of anilines is 1. The zero-order chi connectivity index (χ0) is 24.7. The number of aryl methyl sites for hydroxylation is 1. The monoisotopic (exact) mass is 479 g/mol. The maximum Gasteiger partial charge on any atom is 0.308 e. The zero-order valence-corrected chi connectivity index (χ0v) is 19.9. The van der Waals surface area contributed by atoms with Gasteiger partial charge in [-0.15, -0.1) is 0 Å². The second kappa shape index (κ2) is 10.8. The third kappa shape index (κ3) is 6.76. The van der Waals surface area contributed by atoms with Crippen molar-refractivity contribution in [1.82, 2.24) is 5.43 Å². The molecule has 0 aliphatic carbocycles. The van der Waals surface area contributed by atoms with Gasteiger partial charge in [0.05, 0.1) is 24.7 Å². The number of esters is 1. The predicted molar refractivity (Wildman–Crippen MR) is 131 cm³/mol.